The number of imidazole rings is 1. The fourth-order valence-corrected chi connectivity index (χ4v) is 4.35. The summed E-state index contributed by atoms with van der Waals surface area (Å²) in [6.07, 6.45) is 4.81. The molecule has 1 aliphatic carbocycles. The molecule has 1 saturated carbocycles. The second-order valence-corrected chi connectivity index (χ2v) is 8.19. The number of pyridine rings is 1. The number of rotatable bonds is 5. The number of carboxylic acids is 1. The van der Waals surface area contributed by atoms with E-state index in [1.54, 1.807) is 35.1 Å². The molecule has 0 radical (unpaired) electrons. The fraction of sp³-hybridized carbons (Fsp3) is 0.217. The number of nitrogens with one attached hydrogen (secondary N) is 1. The highest BCUT2D eigenvalue weighted by molar-refractivity contribution is 5.89. The van der Waals surface area contributed by atoms with Crippen LogP contribution < -0.4 is 10.2 Å². The van der Waals surface area contributed by atoms with Gasteiger partial charge in [0.1, 0.15) is 11.6 Å². The highest BCUT2D eigenvalue weighted by Crippen LogP contribution is 2.46. The maximum absolute atomic E-state index is 11.4. The zero-order valence-electron chi connectivity index (χ0n) is 16.6. The van der Waals surface area contributed by atoms with Gasteiger partial charge in [0.2, 0.25) is 0 Å². The van der Waals surface area contributed by atoms with Crippen LogP contribution in [0.1, 0.15) is 16.8 Å². The lowest BCUT2D eigenvalue weighted by atomic mass is 10.1. The average Bonchev–Trinajstić information content (AvgIpc) is 3.16. The average molecular weight is 412 g/mol. The molecule has 0 bridgehead atoms. The van der Waals surface area contributed by atoms with Crippen LogP contribution in [0.15, 0.2) is 60.9 Å². The first-order valence-corrected chi connectivity index (χ1v) is 10.3. The maximum atomic E-state index is 11.4. The molecule has 8 nitrogen and oxygen atoms in total. The number of hydrogen-bond acceptors (Lipinski definition) is 6. The zero-order valence-corrected chi connectivity index (χ0v) is 16.6. The first kappa shape index (κ1) is 17.9. The SMILES string of the molecule is O=C(O)c1cccc(-c2cc(Nc3cccc(N4CC5CC5C4)n3)c3nccn3n2)c1. The van der Waals surface area contributed by atoms with Gasteiger partial charge in [-0.2, -0.15) is 5.10 Å². The van der Waals surface area contributed by atoms with Crippen LogP contribution in [0.5, 0.6) is 0 Å². The molecule has 2 unspecified atom stereocenters. The Kier molecular flexibility index (Phi) is 3.92. The summed E-state index contributed by atoms with van der Waals surface area (Å²) < 4.78 is 1.68. The van der Waals surface area contributed by atoms with Gasteiger partial charge in [-0.25, -0.2) is 19.3 Å². The Hall–Kier alpha value is -3.94. The van der Waals surface area contributed by atoms with Crippen LogP contribution in [0, 0.1) is 11.8 Å². The van der Waals surface area contributed by atoms with E-state index >= 15 is 0 Å². The Labute approximate surface area is 178 Å². The summed E-state index contributed by atoms with van der Waals surface area (Å²) in [5.41, 5.74) is 3.01. The highest BCUT2D eigenvalue weighted by atomic mass is 16.4. The molecule has 2 aliphatic rings. The minimum absolute atomic E-state index is 0.220. The Morgan fingerprint density at radius 1 is 1.10 bits per heavy atom. The first-order valence-electron chi connectivity index (χ1n) is 10.3. The van der Waals surface area contributed by atoms with Gasteiger partial charge in [-0.3, -0.25) is 0 Å². The first-order chi connectivity index (χ1) is 15.1. The summed E-state index contributed by atoms with van der Waals surface area (Å²) in [5, 5.41) is 17.3. The molecule has 3 aromatic heterocycles. The molecule has 31 heavy (non-hydrogen) atoms. The Morgan fingerprint density at radius 2 is 1.94 bits per heavy atom. The van der Waals surface area contributed by atoms with Crippen molar-refractivity contribution in [3.8, 4) is 11.3 Å². The Morgan fingerprint density at radius 3 is 2.77 bits per heavy atom. The summed E-state index contributed by atoms with van der Waals surface area (Å²) in [4.78, 5) is 23.0. The van der Waals surface area contributed by atoms with Crippen molar-refractivity contribution in [3.63, 3.8) is 0 Å². The molecule has 2 fully saturated rings. The number of aromatic nitrogens is 4. The quantitative estimate of drug-likeness (QED) is 0.516. The van der Waals surface area contributed by atoms with Crippen molar-refractivity contribution in [2.75, 3.05) is 23.3 Å². The third-order valence-corrected chi connectivity index (χ3v) is 6.06. The highest BCUT2D eigenvalue weighted by Gasteiger charge is 2.45. The van der Waals surface area contributed by atoms with E-state index in [2.05, 4.69) is 26.4 Å². The second-order valence-electron chi connectivity index (χ2n) is 8.19. The lowest BCUT2D eigenvalue weighted by Gasteiger charge is -2.19. The van der Waals surface area contributed by atoms with Crippen molar-refractivity contribution in [1.82, 2.24) is 19.6 Å². The fourth-order valence-electron chi connectivity index (χ4n) is 4.35. The molecule has 0 spiro atoms. The number of piperidine rings is 1. The van der Waals surface area contributed by atoms with Crippen molar-refractivity contribution >= 4 is 28.9 Å². The molecule has 154 valence electrons. The third-order valence-electron chi connectivity index (χ3n) is 6.06. The molecule has 4 aromatic rings. The Bertz CT molecular complexity index is 1310. The number of carbonyl (C=O) groups is 1. The van der Waals surface area contributed by atoms with E-state index in [0.29, 0.717) is 11.3 Å². The van der Waals surface area contributed by atoms with Gasteiger partial charge in [-0.05, 0) is 48.6 Å². The summed E-state index contributed by atoms with van der Waals surface area (Å²) in [7, 11) is 0. The molecule has 1 saturated heterocycles. The number of hydrogen-bond donors (Lipinski definition) is 2. The van der Waals surface area contributed by atoms with Crippen LogP contribution in [-0.4, -0.2) is 43.7 Å². The molecule has 2 N–H and O–H groups in total. The van der Waals surface area contributed by atoms with Crippen LogP contribution >= 0.6 is 0 Å². The van der Waals surface area contributed by atoms with Crippen molar-refractivity contribution in [2.45, 2.75) is 6.42 Å². The van der Waals surface area contributed by atoms with E-state index < -0.39 is 5.97 Å². The largest absolute Gasteiger partial charge is 0.478 e. The molecule has 4 heterocycles. The number of fused-ring (bicyclic) bond motifs is 2. The van der Waals surface area contributed by atoms with Crippen molar-refractivity contribution in [1.29, 1.82) is 0 Å². The molecule has 0 amide bonds. The molecule has 1 aliphatic heterocycles. The van der Waals surface area contributed by atoms with E-state index in [0.717, 1.165) is 47.8 Å². The number of anilines is 3. The molecule has 2 atom stereocenters. The minimum atomic E-state index is -0.968. The Balaban J connectivity index is 1.36. The number of aromatic carboxylic acids is 1. The van der Waals surface area contributed by atoms with E-state index in [1.165, 1.54) is 6.42 Å². The summed E-state index contributed by atoms with van der Waals surface area (Å²) >= 11 is 0. The van der Waals surface area contributed by atoms with Crippen LogP contribution in [0.25, 0.3) is 16.9 Å². The lowest BCUT2D eigenvalue weighted by Crippen LogP contribution is -2.22. The van der Waals surface area contributed by atoms with Gasteiger partial charge in [-0.1, -0.05) is 18.2 Å². The monoisotopic (exact) mass is 412 g/mol. The minimum Gasteiger partial charge on any atom is -0.478 e. The van der Waals surface area contributed by atoms with Crippen LogP contribution in [-0.2, 0) is 0 Å². The van der Waals surface area contributed by atoms with Gasteiger partial charge in [0.25, 0.3) is 0 Å². The molecule has 1 aromatic carbocycles. The number of benzene rings is 1. The van der Waals surface area contributed by atoms with Gasteiger partial charge in [0, 0.05) is 31.0 Å². The lowest BCUT2D eigenvalue weighted by molar-refractivity contribution is 0.0697. The van der Waals surface area contributed by atoms with Gasteiger partial charge < -0.3 is 15.3 Å². The van der Waals surface area contributed by atoms with Crippen molar-refractivity contribution < 1.29 is 9.90 Å². The van der Waals surface area contributed by atoms with Gasteiger partial charge in [0.05, 0.1) is 16.9 Å². The van der Waals surface area contributed by atoms with Gasteiger partial charge in [-0.15, -0.1) is 0 Å². The van der Waals surface area contributed by atoms with Gasteiger partial charge in [0.15, 0.2) is 5.65 Å². The summed E-state index contributed by atoms with van der Waals surface area (Å²) in [6, 6.07) is 14.6. The molecule has 6 rings (SSSR count). The van der Waals surface area contributed by atoms with E-state index in [-0.39, 0.29) is 5.56 Å². The summed E-state index contributed by atoms with van der Waals surface area (Å²) in [5.74, 6) is 2.43. The zero-order chi connectivity index (χ0) is 20.9. The van der Waals surface area contributed by atoms with Crippen LogP contribution in [0.3, 0.4) is 0 Å². The number of nitrogens with zero attached hydrogens (tertiary/aromatic N) is 5. The smallest absolute Gasteiger partial charge is 0.335 e. The van der Waals surface area contributed by atoms with E-state index in [4.69, 9.17) is 4.98 Å². The second kappa shape index (κ2) is 6.80. The van der Waals surface area contributed by atoms with Crippen LogP contribution in [0.4, 0.5) is 17.3 Å². The standard InChI is InChI=1S/C23H20N6O2/c30-23(31)15-4-1-3-14(9-15)18-11-19(22-24-7-8-29(22)27-18)25-20-5-2-6-21(26-20)28-12-16-10-17(16)13-28/h1-9,11,16-17H,10,12-13H2,(H,25,26)(H,30,31). The third kappa shape index (κ3) is 3.26. The van der Waals surface area contributed by atoms with Crippen LogP contribution in [0.2, 0.25) is 0 Å². The maximum Gasteiger partial charge on any atom is 0.335 e. The predicted molar refractivity (Wildman–Crippen MR) is 117 cm³/mol. The topological polar surface area (TPSA) is 95.7 Å². The molecular weight excluding hydrogens is 392 g/mol. The molecule has 8 heteroatoms. The van der Waals surface area contributed by atoms with Gasteiger partial charge >= 0.3 is 5.97 Å². The number of carboxylic acid groups (broad SMARTS) is 1. The van der Waals surface area contributed by atoms with Crippen molar-refractivity contribution in [3.05, 3.63) is 66.5 Å². The van der Waals surface area contributed by atoms with E-state index in [1.807, 2.05) is 24.3 Å². The predicted octanol–water partition coefficient (Wildman–Crippen LogP) is 3.69. The normalized spacial score (nSPS) is 19.4. The molecular formula is C23H20N6O2. The summed E-state index contributed by atoms with van der Waals surface area (Å²) in [6.45, 7) is 2.18. The van der Waals surface area contributed by atoms with Crippen molar-refractivity contribution in [2.24, 2.45) is 11.8 Å². The van der Waals surface area contributed by atoms with E-state index in [9.17, 15) is 9.90 Å².